The van der Waals surface area contributed by atoms with Crippen LogP contribution in [0, 0.1) is 5.82 Å². The Balaban J connectivity index is 0.00000364. The molecule has 1 unspecified atom stereocenters. The highest BCUT2D eigenvalue weighted by molar-refractivity contribution is 14.0. The molecule has 0 bridgehead atoms. The minimum absolute atomic E-state index is 0. The number of rotatable bonds is 8. The largest absolute Gasteiger partial charge is 0.386 e. The van der Waals surface area contributed by atoms with Crippen LogP contribution in [-0.4, -0.2) is 68.4 Å². The number of guanidine groups is 1. The van der Waals surface area contributed by atoms with Gasteiger partial charge < -0.3 is 25.4 Å². The molecule has 3 N–H and O–H groups in total. The number of ether oxygens (including phenoxy) is 1. The fourth-order valence-electron chi connectivity index (χ4n) is 3.00. The number of likely N-dealkylation sites (tertiary alicyclic amines) is 1. The number of hydrogen-bond donors (Lipinski definition) is 3. The third-order valence-electron chi connectivity index (χ3n) is 4.56. The second kappa shape index (κ2) is 13.2. The van der Waals surface area contributed by atoms with E-state index in [-0.39, 0.29) is 36.3 Å². The molecule has 0 amide bonds. The smallest absolute Gasteiger partial charge is 0.191 e. The van der Waals surface area contributed by atoms with Gasteiger partial charge in [0.05, 0.1) is 19.3 Å². The van der Waals surface area contributed by atoms with Gasteiger partial charge in [-0.25, -0.2) is 4.39 Å². The van der Waals surface area contributed by atoms with Gasteiger partial charge >= 0.3 is 0 Å². The first-order chi connectivity index (χ1) is 12.6. The quantitative estimate of drug-likeness (QED) is 0.294. The molecule has 1 saturated heterocycles. The lowest BCUT2D eigenvalue weighted by atomic mass is 10.1. The number of aliphatic hydroxyl groups is 1. The van der Waals surface area contributed by atoms with E-state index in [1.54, 1.807) is 19.2 Å². The van der Waals surface area contributed by atoms with Crippen LogP contribution < -0.4 is 10.6 Å². The van der Waals surface area contributed by atoms with E-state index in [9.17, 15) is 9.50 Å². The van der Waals surface area contributed by atoms with Crippen molar-refractivity contribution in [2.75, 3.05) is 46.4 Å². The Hall–Kier alpha value is -0.970. The van der Waals surface area contributed by atoms with Gasteiger partial charge in [-0.05, 0) is 37.5 Å². The Morgan fingerprint density at radius 3 is 2.59 bits per heavy atom. The van der Waals surface area contributed by atoms with E-state index in [1.807, 2.05) is 6.92 Å². The number of nitrogens with zero attached hydrogens (tertiary/aromatic N) is 2. The molecule has 8 heteroatoms. The van der Waals surface area contributed by atoms with Crippen molar-refractivity contribution >= 4 is 29.9 Å². The normalized spacial score (nSPS) is 17.3. The number of piperidine rings is 1. The fourth-order valence-corrected chi connectivity index (χ4v) is 3.00. The number of halogens is 2. The number of aliphatic imine (C=N–C) groups is 1. The maximum atomic E-state index is 13.0. The molecule has 0 aliphatic carbocycles. The van der Waals surface area contributed by atoms with Crippen molar-refractivity contribution < 1.29 is 14.2 Å². The molecule has 6 nitrogen and oxygen atoms in total. The van der Waals surface area contributed by atoms with Crippen LogP contribution in [0.3, 0.4) is 0 Å². The van der Waals surface area contributed by atoms with Crippen molar-refractivity contribution in [2.24, 2.45) is 4.99 Å². The van der Waals surface area contributed by atoms with Crippen molar-refractivity contribution in [3.63, 3.8) is 0 Å². The number of nitrogens with one attached hydrogen (secondary N) is 2. The van der Waals surface area contributed by atoms with Crippen LogP contribution in [0.4, 0.5) is 4.39 Å². The van der Waals surface area contributed by atoms with Crippen LogP contribution in [0.2, 0.25) is 0 Å². The Morgan fingerprint density at radius 1 is 1.33 bits per heavy atom. The summed E-state index contributed by atoms with van der Waals surface area (Å²) in [4.78, 5) is 6.90. The molecule has 2 rings (SSSR count). The number of aliphatic hydroxyl groups excluding tert-OH is 1. The zero-order valence-electron chi connectivity index (χ0n) is 16.2. The molecule has 1 aliphatic heterocycles. The molecular weight excluding hydrogens is 462 g/mol. The van der Waals surface area contributed by atoms with E-state index < -0.39 is 6.10 Å². The summed E-state index contributed by atoms with van der Waals surface area (Å²) in [6.45, 7) is 6.82. The molecule has 27 heavy (non-hydrogen) atoms. The Labute approximate surface area is 178 Å². The molecule has 154 valence electrons. The molecule has 0 radical (unpaired) electrons. The monoisotopic (exact) mass is 494 g/mol. The highest BCUT2D eigenvalue weighted by Gasteiger charge is 2.19. The summed E-state index contributed by atoms with van der Waals surface area (Å²) in [5, 5.41) is 16.9. The highest BCUT2D eigenvalue weighted by atomic mass is 127. The van der Waals surface area contributed by atoms with Crippen LogP contribution in [0.1, 0.15) is 31.4 Å². The molecule has 1 aromatic carbocycles. The van der Waals surface area contributed by atoms with Crippen LogP contribution in [0.25, 0.3) is 0 Å². The zero-order chi connectivity index (χ0) is 18.8. The molecule has 1 aliphatic rings. The second-order valence-electron chi connectivity index (χ2n) is 6.54. The molecular formula is C19H32FIN4O2. The average molecular weight is 494 g/mol. The second-order valence-corrected chi connectivity index (χ2v) is 6.54. The first-order valence-corrected chi connectivity index (χ1v) is 9.32. The zero-order valence-corrected chi connectivity index (χ0v) is 18.5. The summed E-state index contributed by atoms with van der Waals surface area (Å²) in [7, 11) is 1.73. The number of hydrogen-bond acceptors (Lipinski definition) is 4. The van der Waals surface area contributed by atoms with Gasteiger partial charge in [0.2, 0.25) is 0 Å². The molecule has 0 saturated carbocycles. The predicted octanol–water partition coefficient (Wildman–Crippen LogP) is 2.14. The maximum absolute atomic E-state index is 13.0. The lowest BCUT2D eigenvalue weighted by Gasteiger charge is -2.32. The van der Waals surface area contributed by atoms with Crippen LogP contribution in [0.15, 0.2) is 29.3 Å². The van der Waals surface area contributed by atoms with Crippen molar-refractivity contribution in [2.45, 2.75) is 31.9 Å². The van der Waals surface area contributed by atoms with Crippen molar-refractivity contribution in [3.05, 3.63) is 35.6 Å². The average Bonchev–Trinajstić information content (AvgIpc) is 2.66. The lowest BCUT2D eigenvalue weighted by molar-refractivity contribution is 0.128. The van der Waals surface area contributed by atoms with Crippen molar-refractivity contribution in [1.29, 1.82) is 0 Å². The summed E-state index contributed by atoms with van der Waals surface area (Å²) in [6, 6.07) is 6.25. The van der Waals surface area contributed by atoms with Crippen molar-refractivity contribution in [3.8, 4) is 0 Å². The van der Waals surface area contributed by atoms with E-state index in [0.717, 1.165) is 45.6 Å². The van der Waals surface area contributed by atoms with Gasteiger partial charge in [-0.15, -0.1) is 24.0 Å². The Bertz CT molecular complexity index is 551. The third kappa shape index (κ3) is 8.71. The summed E-state index contributed by atoms with van der Waals surface area (Å²) in [6.07, 6.45) is 1.35. The van der Waals surface area contributed by atoms with Gasteiger partial charge in [-0.1, -0.05) is 12.1 Å². The van der Waals surface area contributed by atoms with Gasteiger partial charge in [0.15, 0.2) is 5.96 Å². The van der Waals surface area contributed by atoms with Gasteiger partial charge in [-0.3, -0.25) is 4.99 Å². The van der Waals surface area contributed by atoms with E-state index in [0.29, 0.717) is 17.6 Å². The number of methoxy groups -OCH3 is 1. The third-order valence-corrected chi connectivity index (χ3v) is 4.56. The minimum atomic E-state index is -0.748. The molecule has 1 fully saturated rings. The van der Waals surface area contributed by atoms with E-state index in [2.05, 4.69) is 20.5 Å². The fraction of sp³-hybridized carbons (Fsp3) is 0.632. The molecule has 1 atom stereocenters. The Morgan fingerprint density at radius 2 is 2.00 bits per heavy atom. The van der Waals surface area contributed by atoms with Gasteiger partial charge in [0.1, 0.15) is 5.82 Å². The summed E-state index contributed by atoms with van der Waals surface area (Å²) in [5.74, 6) is 0.403. The standard InChI is InChI=1S/C19H31FN4O2.HI/c1-3-21-19(22-14-18(25)15-4-6-16(20)7-5-15)23-17-8-10-24(11-9-17)12-13-26-2;/h4-7,17-18,25H,3,8-14H2,1-2H3,(H2,21,22,23);1H. The topological polar surface area (TPSA) is 69.1 Å². The molecule has 1 heterocycles. The first kappa shape index (κ1) is 24.1. The van der Waals surface area contributed by atoms with E-state index in [1.165, 1.54) is 12.1 Å². The SMILES string of the molecule is CCNC(=NCC(O)c1ccc(F)cc1)NC1CCN(CCOC)CC1.I. The molecule has 0 spiro atoms. The lowest BCUT2D eigenvalue weighted by Crippen LogP contribution is -2.49. The maximum Gasteiger partial charge on any atom is 0.191 e. The van der Waals surface area contributed by atoms with Crippen molar-refractivity contribution in [1.82, 2.24) is 15.5 Å². The van der Waals surface area contributed by atoms with Gasteiger partial charge in [0.25, 0.3) is 0 Å². The highest BCUT2D eigenvalue weighted by Crippen LogP contribution is 2.14. The van der Waals surface area contributed by atoms with Crippen LogP contribution in [-0.2, 0) is 4.74 Å². The van der Waals surface area contributed by atoms with Gasteiger partial charge in [-0.2, -0.15) is 0 Å². The van der Waals surface area contributed by atoms with Crippen LogP contribution >= 0.6 is 24.0 Å². The summed E-state index contributed by atoms with van der Waals surface area (Å²) in [5.41, 5.74) is 0.664. The van der Waals surface area contributed by atoms with E-state index in [4.69, 9.17) is 4.74 Å². The summed E-state index contributed by atoms with van der Waals surface area (Å²) < 4.78 is 18.1. The van der Waals surface area contributed by atoms with E-state index >= 15 is 0 Å². The predicted molar refractivity (Wildman–Crippen MR) is 117 cm³/mol. The van der Waals surface area contributed by atoms with Gasteiger partial charge in [0, 0.05) is 39.3 Å². The molecule has 1 aromatic rings. The minimum Gasteiger partial charge on any atom is -0.386 e. The Kier molecular flexibility index (Phi) is 11.8. The summed E-state index contributed by atoms with van der Waals surface area (Å²) >= 11 is 0. The molecule has 0 aromatic heterocycles. The van der Waals surface area contributed by atoms with Crippen LogP contribution in [0.5, 0.6) is 0 Å². The number of benzene rings is 1. The first-order valence-electron chi connectivity index (χ1n) is 9.32.